The number of hydrogen-bond acceptors (Lipinski definition) is 7. The van der Waals surface area contributed by atoms with Crippen molar-refractivity contribution in [3.63, 3.8) is 0 Å². The van der Waals surface area contributed by atoms with E-state index in [1.165, 1.54) is 4.80 Å². The van der Waals surface area contributed by atoms with Gasteiger partial charge in [-0.25, -0.2) is 0 Å². The molecule has 0 bridgehead atoms. The fourth-order valence-electron chi connectivity index (χ4n) is 4.83. The summed E-state index contributed by atoms with van der Waals surface area (Å²) in [6, 6.07) is 13.1. The van der Waals surface area contributed by atoms with Crippen LogP contribution < -0.4 is 5.32 Å². The summed E-state index contributed by atoms with van der Waals surface area (Å²) in [7, 11) is 0. The van der Waals surface area contributed by atoms with E-state index in [4.69, 9.17) is 32.7 Å². The smallest absolute Gasteiger partial charge is 0.247 e. The lowest BCUT2D eigenvalue weighted by Crippen LogP contribution is -2.48. The van der Waals surface area contributed by atoms with Crippen molar-refractivity contribution in [1.29, 1.82) is 0 Å². The van der Waals surface area contributed by atoms with Crippen molar-refractivity contribution in [3.8, 4) is 11.4 Å². The van der Waals surface area contributed by atoms with Crippen LogP contribution in [0.3, 0.4) is 0 Å². The number of nitrogens with zero attached hydrogens (tertiary/aromatic N) is 5. The van der Waals surface area contributed by atoms with Crippen LogP contribution >= 0.6 is 23.2 Å². The second-order valence-corrected chi connectivity index (χ2v) is 10.5. The van der Waals surface area contributed by atoms with Crippen molar-refractivity contribution >= 4 is 35.0 Å². The maximum Gasteiger partial charge on any atom is 0.247 e. The number of amides is 2. The highest BCUT2D eigenvalue weighted by atomic mass is 35.5. The minimum absolute atomic E-state index is 0.0345. The number of rotatable bonds is 10. The lowest BCUT2D eigenvalue weighted by molar-refractivity contribution is -0.143. The van der Waals surface area contributed by atoms with E-state index in [1.807, 2.05) is 0 Å². The highest BCUT2D eigenvalue weighted by Crippen LogP contribution is 2.27. The van der Waals surface area contributed by atoms with E-state index in [2.05, 4.69) is 20.7 Å². The van der Waals surface area contributed by atoms with Crippen LogP contribution in [0, 0.1) is 0 Å². The molecular weight excluding hydrogens is 543 g/mol. The number of halogens is 2. The van der Waals surface area contributed by atoms with Crippen molar-refractivity contribution in [2.24, 2.45) is 0 Å². The third-order valence-corrected chi connectivity index (χ3v) is 7.35. The van der Waals surface area contributed by atoms with E-state index in [0.717, 1.165) is 31.2 Å². The Bertz CT molecular complexity index is 1260. The summed E-state index contributed by atoms with van der Waals surface area (Å²) in [5.74, 6) is -0.265. The highest BCUT2D eigenvalue weighted by molar-refractivity contribution is 6.30. The highest BCUT2D eigenvalue weighted by Gasteiger charge is 2.35. The SMILES string of the molecule is O=C(NCC1CCCO1)C(c1ccc(Cl)cc1)N(CC1CCCO1)C(=O)Cn1nnc(-c2ccc(Cl)cc2)n1. The molecule has 1 aromatic heterocycles. The molecule has 0 radical (unpaired) electrons. The molecule has 10 nitrogen and oxygen atoms in total. The molecule has 1 N–H and O–H groups in total. The zero-order chi connectivity index (χ0) is 27.2. The molecular formula is C27H30Cl2N6O4. The number of hydrogen-bond donors (Lipinski definition) is 1. The number of benzene rings is 2. The molecule has 206 valence electrons. The average Bonchev–Trinajstić information content (AvgIpc) is 3.72. The first-order valence-electron chi connectivity index (χ1n) is 13.1. The molecule has 2 aromatic carbocycles. The van der Waals surface area contributed by atoms with Gasteiger partial charge in [0.1, 0.15) is 12.6 Å². The Morgan fingerprint density at radius 1 is 0.974 bits per heavy atom. The largest absolute Gasteiger partial charge is 0.376 e. The maximum absolute atomic E-state index is 13.8. The Morgan fingerprint density at radius 3 is 2.26 bits per heavy atom. The summed E-state index contributed by atoms with van der Waals surface area (Å²) >= 11 is 12.1. The molecule has 2 aliphatic heterocycles. The first kappa shape index (κ1) is 27.5. The molecule has 3 unspecified atom stereocenters. The Hall–Kier alpha value is -3.05. The van der Waals surface area contributed by atoms with Crippen LogP contribution in [-0.4, -0.2) is 75.4 Å². The molecule has 3 heterocycles. The van der Waals surface area contributed by atoms with Crippen LogP contribution in [-0.2, 0) is 25.6 Å². The van der Waals surface area contributed by atoms with Gasteiger partial charge in [-0.3, -0.25) is 9.59 Å². The van der Waals surface area contributed by atoms with Crippen LogP contribution in [0.25, 0.3) is 11.4 Å². The summed E-state index contributed by atoms with van der Waals surface area (Å²) in [6.45, 7) is 1.74. The van der Waals surface area contributed by atoms with Gasteiger partial charge in [-0.2, -0.15) is 4.80 Å². The van der Waals surface area contributed by atoms with E-state index in [1.54, 1.807) is 53.4 Å². The lowest BCUT2D eigenvalue weighted by Gasteiger charge is -2.33. The number of ether oxygens (including phenoxy) is 2. The number of carbonyl (C=O) groups excluding carboxylic acids is 2. The zero-order valence-electron chi connectivity index (χ0n) is 21.3. The molecule has 2 fully saturated rings. The molecule has 5 rings (SSSR count). The third-order valence-electron chi connectivity index (χ3n) is 6.85. The second-order valence-electron chi connectivity index (χ2n) is 9.67. The van der Waals surface area contributed by atoms with Crippen LogP contribution in [0.4, 0.5) is 0 Å². The molecule has 2 saturated heterocycles. The van der Waals surface area contributed by atoms with E-state index < -0.39 is 6.04 Å². The minimum Gasteiger partial charge on any atom is -0.376 e. The molecule has 3 atom stereocenters. The molecule has 0 aliphatic carbocycles. The van der Waals surface area contributed by atoms with Crippen molar-refractivity contribution in [3.05, 3.63) is 64.1 Å². The summed E-state index contributed by atoms with van der Waals surface area (Å²) in [6.07, 6.45) is 3.34. The Labute approximate surface area is 236 Å². The van der Waals surface area contributed by atoms with Gasteiger partial charge in [0.05, 0.1) is 12.2 Å². The third kappa shape index (κ3) is 7.13. The summed E-state index contributed by atoms with van der Waals surface area (Å²) < 4.78 is 11.5. The van der Waals surface area contributed by atoms with E-state index in [0.29, 0.717) is 41.2 Å². The topological polar surface area (TPSA) is 111 Å². The fourth-order valence-corrected chi connectivity index (χ4v) is 5.08. The normalized spacial score (nSPS) is 19.6. The first-order valence-corrected chi connectivity index (χ1v) is 13.8. The van der Waals surface area contributed by atoms with Crippen LogP contribution in [0.15, 0.2) is 48.5 Å². The minimum atomic E-state index is -0.903. The van der Waals surface area contributed by atoms with Gasteiger partial charge in [-0.1, -0.05) is 35.3 Å². The molecule has 2 aliphatic rings. The zero-order valence-corrected chi connectivity index (χ0v) is 22.9. The summed E-state index contributed by atoms with van der Waals surface area (Å²) in [5, 5.41) is 16.7. The monoisotopic (exact) mass is 572 g/mol. The van der Waals surface area contributed by atoms with Gasteiger partial charge in [-0.15, -0.1) is 10.2 Å². The molecule has 2 amide bonds. The van der Waals surface area contributed by atoms with Gasteiger partial charge in [0.15, 0.2) is 0 Å². The Kier molecular flexibility index (Phi) is 9.08. The van der Waals surface area contributed by atoms with Crippen molar-refractivity contribution in [1.82, 2.24) is 30.4 Å². The van der Waals surface area contributed by atoms with Gasteiger partial charge in [-0.05, 0) is 72.9 Å². The van der Waals surface area contributed by atoms with Gasteiger partial charge in [0.2, 0.25) is 17.6 Å². The van der Waals surface area contributed by atoms with E-state index >= 15 is 0 Å². The number of nitrogens with one attached hydrogen (secondary N) is 1. The average molecular weight is 573 g/mol. The fraction of sp³-hybridized carbons (Fsp3) is 0.444. The van der Waals surface area contributed by atoms with Crippen LogP contribution in [0.5, 0.6) is 0 Å². The second kappa shape index (κ2) is 12.9. The molecule has 12 heteroatoms. The van der Waals surface area contributed by atoms with Crippen molar-refractivity contribution in [2.75, 3.05) is 26.3 Å². The number of tetrazole rings is 1. The summed E-state index contributed by atoms with van der Waals surface area (Å²) in [4.78, 5) is 30.3. The molecule has 3 aromatic rings. The van der Waals surface area contributed by atoms with Gasteiger partial charge in [0, 0.05) is 41.9 Å². The van der Waals surface area contributed by atoms with Crippen molar-refractivity contribution < 1.29 is 19.1 Å². The summed E-state index contributed by atoms with van der Waals surface area (Å²) in [5.41, 5.74) is 1.37. The maximum atomic E-state index is 13.8. The Morgan fingerprint density at radius 2 is 1.62 bits per heavy atom. The number of aromatic nitrogens is 4. The van der Waals surface area contributed by atoms with Gasteiger partial charge >= 0.3 is 0 Å². The molecule has 39 heavy (non-hydrogen) atoms. The standard InChI is InChI=1S/C27H30Cl2N6O4/c28-20-9-5-18(6-10-20)25(27(37)30-15-22-3-1-13-38-22)34(16-23-4-2-14-39-23)24(36)17-35-32-26(31-33-35)19-7-11-21(29)12-8-19/h5-12,22-23,25H,1-4,13-17H2,(H,30,37). The number of carbonyl (C=O) groups is 2. The van der Waals surface area contributed by atoms with Crippen LogP contribution in [0.2, 0.25) is 10.0 Å². The first-order chi connectivity index (χ1) is 19.0. The lowest BCUT2D eigenvalue weighted by atomic mass is 10.0. The van der Waals surface area contributed by atoms with Crippen molar-refractivity contribution in [2.45, 2.75) is 50.5 Å². The van der Waals surface area contributed by atoms with E-state index in [-0.39, 0.29) is 37.1 Å². The molecule has 0 spiro atoms. The van der Waals surface area contributed by atoms with Crippen LogP contribution in [0.1, 0.15) is 37.3 Å². The van der Waals surface area contributed by atoms with Gasteiger partial charge < -0.3 is 19.7 Å². The Balaban J connectivity index is 1.40. The quantitative estimate of drug-likeness (QED) is 0.394. The predicted octanol–water partition coefficient (Wildman–Crippen LogP) is 3.69. The molecule has 0 saturated carbocycles. The van der Waals surface area contributed by atoms with E-state index in [9.17, 15) is 9.59 Å². The van der Waals surface area contributed by atoms with Gasteiger partial charge in [0.25, 0.3) is 0 Å². The predicted molar refractivity (Wildman–Crippen MR) is 145 cm³/mol.